The van der Waals surface area contributed by atoms with Crippen molar-refractivity contribution < 1.29 is 14.4 Å². The topological polar surface area (TPSA) is 82.6 Å². The monoisotopic (exact) mass is 474 g/mol. The Morgan fingerprint density at radius 1 is 1.00 bits per heavy atom. The summed E-state index contributed by atoms with van der Waals surface area (Å²) < 4.78 is 0. The quantitative estimate of drug-likeness (QED) is 0.610. The number of likely N-dealkylation sites (N-methyl/N-ethyl adjacent to an activating group) is 1. The maximum absolute atomic E-state index is 13.7. The van der Waals surface area contributed by atoms with Crippen molar-refractivity contribution in [2.75, 3.05) is 11.9 Å². The van der Waals surface area contributed by atoms with Gasteiger partial charge in [-0.05, 0) is 73.8 Å². The van der Waals surface area contributed by atoms with Crippen LogP contribution in [0.2, 0.25) is 0 Å². The average Bonchev–Trinajstić information content (AvgIpc) is 3.75. The number of rotatable bonds is 7. The van der Waals surface area contributed by atoms with Crippen molar-refractivity contribution in [2.45, 2.75) is 63.5 Å². The van der Waals surface area contributed by atoms with E-state index in [2.05, 4.69) is 10.3 Å². The van der Waals surface area contributed by atoms with Crippen LogP contribution < -0.4 is 10.2 Å². The second-order valence-corrected chi connectivity index (χ2v) is 10.3. The summed E-state index contributed by atoms with van der Waals surface area (Å²) in [5.74, 6) is -0.142. The first-order chi connectivity index (χ1) is 17.0. The van der Waals surface area contributed by atoms with Gasteiger partial charge in [-0.2, -0.15) is 0 Å². The molecule has 2 aromatic rings. The van der Waals surface area contributed by atoms with Crippen LogP contribution in [-0.4, -0.2) is 46.9 Å². The molecule has 3 aliphatic rings. The van der Waals surface area contributed by atoms with E-state index >= 15 is 0 Å². The smallest absolute Gasteiger partial charge is 0.325 e. The molecule has 35 heavy (non-hydrogen) atoms. The molecule has 2 heterocycles. The number of aromatic nitrogens is 1. The molecule has 184 valence electrons. The number of amides is 4. The van der Waals surface area contributed by atoms with Gasteiger partial charge in [0.2, 0.25) is 5.91 Å². The minimum absolute atomic E-state index is 0.0949. The lowest BCUT2D eigenvalue weighted by Crippen LogP contribution is -2.71. The molecule has 2 saturated carbocycles. The summed E-state index contributed by atoms with van der Waals surface area (Å²) in [6, 6.07) is 11.9. The Morgan fingerprint density at radius 2 is 1.66 bits per heavy atom. The molecular weight excluding hydrogens is 440 g/mol. The third kappa shape index (κ3) is 4.95. The molecule has 1 aromatic carbocycles. The molecule has 1 saturated heterocycles. The van der Waals surface area contributed by atoms with Crippen LogP contribution in [0.5, 0.6) is 0 Å². The van der Waals surface area contributed by atoms with E-state index in [1.165, 1.54) is 24.2 Å². The highest BCUT2D eigenvalue weighted by atomic mass is 16.2. The number of para-hydroxylation sites is 1. The van der Waals surface area contributed by atoms with Crippen LogP contribution in [0.15, 0.2) is 54.9 Å². The Balaban J connectivity index is 1.36. The van der Waals surface area contributed by atoms with Gasteiger partial charge in [0.25, 0.3) is 5.91 Å². The van der Waals surface area contributed by atoms with Gasteiger partial charge in [0.1, 0.15) is 6.04 Å². The Labute approximate surface area is 206 Å². The van der Waals surface area contributed by atoms with Crippen molar-refractivity contribution >= 4 is 23.5 Å². The van der Waals surface area contributed by atoms with Crippen LogP contribution in [0.4, 0.5) is 10.5 Å². The molecule has 0 bridgehead atoms. The Hall–Kier alpha value is -3.22. The summed E-state index contributed by atoms with van der Waals surface area (Å²) in [5, 5.41) is 3.21. The lowest BCUT2D eigenvalue weighted by Gasteiger charge is -2.46. The highest BCUT2D eigenvalue weighted by Gasteiger charge is 2.56. The van der Waals surface area contributed by atoms with Crippen molar-refractivity contribution in [1.29, 1.82) is 0 Å². The number of anilines is 1. The second-order valence-electron chi connectivity index (χ2n) is 10.3. The third-order valence-electron chi connectivity index (χ3n) is 7.94. The molecular formula is C28H34N4O3. The molecule has 3 fully saturated rings. The maximum atomic E-state index is 13.7. The number of pyridine rings is 1. The van der Waals surface area contributed by atoms with E-state index in [1.807, 2.05) is 42.5 Å². The standard InChI is InChI=1S/C28H34N4O3/c1-31(22-10-6-3-7-11-22)27(34)25-23(18-19-14-16-29-17-15-19)26(33)32(25)28(35)30-24(21-12-13-21)20-8-4-2-5-9-20/h3,6-7,10-11,14-17,20-21,23-25H,2,4-5,8-9,12-13,18H2,1H3,(H,30,35)/t23-,24+,25+/m1/s1. The highest BCUT2D eigenvalue weighted by Crippen LogP contribution is 2.41. The zero-order valence-corrected chi connectivity index (χ0v) is 20.3. The summed E-state index contributed by atoms with van der Waals surface area (Å²) in [6.07, 6.45) is 11.9. The number of likely N-dealkylation sites (tertiary alicyclic amines) is 1. The van der Waals surface area contributed by atoms with Crippen LogP contribution >= 0.6 is 0 Å². The average molecular weight is 475 g/mol. The summed E-state index contributed by atoms with van der Waals surface area (Å²) in [4.78, 5) is 47.3. The summed E-state index contributed by atoms with van der Waals surface area (Å²) in [5.41, 5.74) is 1.66. The van der Waals surface area contributed by atoms with E-state index in [9.17, 15) is 14.4 Å². The first-order valence-electron chi connectivity index (χ1n) is 12.9. The molecule has 0 unspecified atom stereocenters. The molecule has 0 spiro atoms. The van der Waals surface area contributed by atoms with Gasteiger partial charge in [-0.1, -0.05) is 37.5 Å². The molecule has 2 aliphatic carbocycles. The SMILES string of the molecule is CN(C(=O)[C@@H]1[C@@H](Cc2ccncc2)C(=O)N1C(=O)N[C@@H](C1CCCCC1)C1CC1)c1ccccc1. The van der Waals surface area contributed by atoms with E-state index in [0.717, 1.165) is 36.9 Å². The summed E-state index contributed by atoms with van der Waals surface area (Å²) >= 11 is 0. The Kier molecular flexibility index (Phi) is 6.84. The van der Waals surface area contributed by atoms with Gasteiger partial charge in [-0.3, -0.25) is 19.5 Å². The van der Waals surface area contributed by atoms with Crippen LogP contribution in [0.3, 0.4) is 0 Å². The van der Waals surface area contributed by atoms with Crippen LogP contribution in [0.25, 0.3) is 0 Å². The highest BCUT2D eigenvalue weighted by molar-refractivity contribution is 6.12. The number of β-lactam (4-membered cyclic amide) rings is 1. The van der Waals surface area contributed by atoms with Crippen molar-refractivity contribution in [3.05, 3.63) is 60.4 Å². The summed E-state index contributed by atoms with van der Waals surface area (Å²) in [6.45, 7) is 0. The predicted octanol–water partition coefficient (Wildman–Crippen LogP) is 4.18. The number of carbonyl (C=O) groups excluding carboxylic acids is 3. The number of benzene rings is 1. The van der Waals surface area contributed by atoms with Gasteiger partial charge in [0.05, 0.1) is 5.92 Å². The molecule has 3 atom stereocenters. The fourth-order valence-electron chi connectivity index (χ4n) is 5.79. The molecule has 5 rings (SSSR count). The number of nitrogens with one attached hydrogen (secondary N) is 1. The van der Waals surface area contributed by atoms with E-state index in [4.69, 9.17) is 0 Å². The van der Waals surface area contributed by atoms with Crippen LogP contribution in [0.1, 0.15) is 50.5 Å². The number of nitrogens with zero attached hydrogens (tertiary/aromatic N) is 3. The van der Waals surface area contributed by atoms with Gasteiger partial charge in [0.15, 0.2) is 0 Å². The largest absolute Gasteiger partial charge is 0.334 e. The number of imide groups is 1. The minimum Gasteiger partial charge on any atom is -0.334 e. The molecule has 1 N–H and O–H groups in total. The Bertz CT molecular complexity index is 1050. The molecule has 0 radical (unpaired) electrons. The van der Waals surface area contributed by atoms with Crippen LogP contribution in [-0.2, 0) is 16.0 Å². The van der Waals surface area contributed by atoms with Crippen molar-refractivity contribution in [2.24, 2.45) is 17.8 Å². The number of carbonyl (C=O) groups is 3. The lowest BCUT2D eigenvalue weighted by atomic mass is 9.81. The van der Waals surface area contributed by atoms with Gasteiger partial charge in [-0.15, -0.1) is 0 Å². The van der Waals surface area contributed by atoms with E-state index in [-0.39, 0.29) is 17.9 Å². The van der Waals surface area contributed by atoms with Crippen molar-refractivity contribution in [3.63, 3.8) is 0 Å². The molecule has 4 amide bonds. The fourth-order valence-corrected chi connectivity index (χ4v) is 5.79. The third-order valence-corrected chi connectivity index (χ3v) is 7.94. The predicted molar refractivity (Wildman–Crippen MR) is 134 cm³/mol. The zero-order valence-electron chi connectivity index (χ0n) is 20.3. The molecule has 7 heteroatoms. The Morgan fingerprint density at radius 3 is 2.31 bits per heavy atom. The summed E-state index contributed by atoms with van der Waals surface area (Å²) in [7, 11) is 1.70. The normalized spacial score (nSPS) is 23.3. The van der Waals surface area contributed by atoms with E-state index < -0.39 is 18.0 Å². The van der Waals surface area contributed by atoms with Gasteiger partial charge < -0.3 is 10.2 Å². The van der Waals surface area contributed by atoms with Gasteiger partial charge in [0, 0.05) is 31.2 Å². The maximum Gasteiger partial charge on any atom is 0.325 e. The minimum atomic E-state index is -0.827. The number of hydrogen-bond acceptors (Lipinski definition) is 4. The van der Waals surface area contributed by atoms with Gasteiger partial charge >= 0.3 is 6.03 Å². The second kappa shape index (κ2) is 10.2. The lowest BCUT2D eigenvalue weighted by molar-refractivity contribution is -0.156. The number of urea groups is 1. The first-order valence-corrected chi connectivity index (χ1v) is 12.9. The molecule has 1 aromatic heterocycles. The van der Waals surface area contributed by atoms with Crippen molar-refractivity contribution in [3.8, 4) is 0 Å². The number of hydrogen-bond donors (Lipinski definition) is 1. The van der Waals surface area contributed by atoms with Gasteiger partial charge in [-0.25, -0.2) is 4.79 Å². The van der Waals surface area contributed by atoms with E-state index in [1.54, 1.807) is 24.3 Å². The van der Waals surface area contributed by atoms with Crippen molar-refractivity contribution in [1.82, 2.24) is 15.2 Å². The molecule has 7 nitrogen and oxygen atoms in total. The first kappa shape index (κ1) is 23.5. The zero-order chi connectivity index (χ0) is 24.4. The molecule has 1 aliphatic heterocycles. The fraction of sp³-hybridized carbons (Fsp3) is 0.500. The van der Waals surface area contributed by atoms with Crippen LogP contribution in [0, 0.1) is 17.8 Å². The van der Waals surface area contributed by atoms with E-state index in [0.29, 0.717) is 18.3 Å².